The first-order chi connectivity index (χ1) is 15.2. The number of nitrogens with zero attached hydrogens (tertiary/aromatic N) is 2. The Morgan fingerprint density at radius 2 is 1.82 bits per heavy atom. The summed E-state index contributed by atoms with van der Waals surface area (Å²) in [4.78, 5) is 29.5. The minimum Gasteiger partial charge on any atom is -0.489 e. The molecule has 2 aromatic rings. The summed E-state index contributed by atoms with van der Waals surface area (Å²) in [6.45, 7) is 11.8. The molecular weight excluding hydrogens is 457 g/mol. The van der Waals surface area contributed by atoms with E-state index in [0.29, 0.717) is 11.3 Å². The number of rotatable bonds is 7. The smallest absolute Gasteiger partial charge is 0.416 e. The number of ether oxygens (including phenoxy) is 2. The van der Waals surface area contributed by atoms with Crippen LogP contribution < -0.4 is 9.54 Å². The molecule has 1 amide bonds. The summed E-state index contributed by atoms with van der Waals surface area (Å²) in [6.07, 6.45) is -2.70. The molecule has 2 rings (SSSR count). The second-order valence-electron chi connectivity index (χ2n) is 8.99. The van der Waals surface area contributed by atoms with Crippen molar-refractivity contribution in [1.29, 1.82) is 0 Å². The third kappa shape index (κ3) is 7.73. The number of hydrogen-bond donors (Lipinski definition) is 0. The van der Waals surface area contributed by atoms with Crippen molar-refractivity contribution in [3.05, 3.63) is 45.2 Å². The van der Waals surface area contributed by atoms with Crippen LogP contribution in [0.5, 0.6) is 5.75 Å². The molecule has 1 aromatic carbocycles. The highest BCUT2D eigenvalue weighted by atomic mass is 32.1. The van der Waals surface area contributed by atoms with Gasteiger partial charge in [-0.1, -0.05) is 34.6 Å². The summed E-state index contributed by atoms with van der Waals surface area (Å²) >= 11 is 1.33. The molecule has 0 aliphatic heterocycles. The Kier molecular flexibility index (Phi) is 8.51. The van der Waals surface area contributed by atoms with Gasteiger partial charge in [0.15, 0.2) is 4.80 Å². The van der Waals surface area contributed by atoms with E-state index in [-0.39, 0.29) is 35.9 Å². The molecule has 0 unspecified atom stereocenters. The molecule has 0 N–H and O–H groups in total. The summed E-state index contributed by atoms with van der Waals surface area (Å²) in [5.74, 6) is -1.15. The fourth-order valence-corrected chi connectivity index (χ4v) is 3.88. The van der Waals surface area contributed by atoms with Crippen molar-refractivity contribution in [3.63, 3.8) is 0 Å². The average molecular weight is 487 g/mol. The standard InChI is InChI=1S/C23H29F3N2O4S/c1-14(2)12-28-13-19(22(4,5)6)33-21(28)27-20(30)17-11-16(23(24,25)26)7-8-18(17)32-10-9-31-15(3)29/h7-8,11,13-14H,9-10,12H2,1-6H3/b27-21-. The molecule has 0 bridgehead atoms. The molecule has 1 aromatic heterocycles. The number of amides is 1. The lowest BCUT2D eigenvalue weighted by Gasteiger charge is -2.14. The summed E-state index contributed by atoms with van der Waals surface area (Å²) < 4.78 is 51.9. The molecule has 0 saturated carbocycles. The lowest BCUT2D eigenvalue weighted by molar-refractivity contribution is -0.141. The highest BCUT2D eigenvalue weighted by Crippen LogP contribution is 2.33. The highest BCUT2D eigenvalue weighted by molar-refractivity contribution is 7.09. The van der Waals surface area contributed by atoms with E-state index in [2.05, 4.69) is 4.99 Å². The Hall–Kier alpha value is -2.62. The lowest BCUT2D eigenvalue weighted by Crippen LogP contribution is -2.19. The maximum absolute atomic E-state index is 13.3. The molecule has 182 valence electrons. The van der Waals surface area contributed by atoms with Crippen LogP contribution >= 0.6 is 11.3 Å². The molecule has 0 spiro atoms. The number of alkyl halides is 3. The maximum Gasteiger partial charge on any atom is 0.416 e. The largest absolute Gasteiger partial charge is 0.489 e. The number of esters is 1. The normalized spacial score (nSPS) is 12.8. The van der Waals surface area contributed by atoms with Gasteiger partial charge in [0.05, 0.1) is 11.1 Å². The van der Waals surface area contributed by atoms with E-state index in [4.69, 9.17) is 9.47 Å². The number of carbonyl (C=O) groups is 2. The van der Waals surface area contributed by atoms with Crippen molar-refractivity contribution in [1.82, 2.24) is 4.57 Å². The first kappa shape index (κ1) is 26.6. The first-order valence-corrected chi connectivity index (χ1v) is 11.3. The number of thiazole rings is 1. The van der Waals surface area contributed by atoms with Crippen LogP contribution in [-0.4, -0.2) is 29.7 Å². The van der Waals surface area contributed by atoms with Crippen LogP contribution in [-0.2, 0) is 27.7 Å². The Balaban J connectivity index is 2.51. The molecule has 1 heterocycles. The van der Waals surface area contributed by atoms with Crippen LogP contribution in [0.2, 0.25) is 0 Å². The summed E-state index contributed by atoms with van der Waals surface area (Å²) in [6, 6.07) is 2.65. The van der Waals surface area contributed by atoms with E-state index in [1.165, 1.54) is 18.3 Å². The number of hydrogen-bond acceptors (Lipinski definition) is 5. The predicted octanol–water partition coefficient (Wildman–Crippen LogP) is 5.20. The molecule has 0 atom stereocenters. The molecule has 6 nitrogen and oxygen atoms in total. The number of benzene rings is 1. The zero-order valence-corrected chi connectivity index (χ0v) is 20.4. The second-order valence-corrected chi connectivity index (χ2v) is 10.00. The van der Waals surface area contributed by atoms with E-state index in [1.54, 1.807) is 0 Å². The minimum absolute atomic E-state index is 0.0630. The van der Waals surface area contributed by atoms with Gasteiger partial charge in [-0.3, -0.25) is 9.59 Å². The van der Waals surface area contributed by atoms with Crippen molar-refractivity contribution < 1.29 is 32.2 Å². The molecule has 0 aliphatic rings. The Bertz CT molecular complexity index is 1060. The third-order valence-corrected chi connectivity index (χ3v) is 5.85. The van der Waals surface area contributed by atoms with Crippen molar-refractivity contribution >= 4 is 23.2 Å². The molecule has 0 saturated heterocycles. The molecule has 0 fully saturated rings. The van der Waals surface area contributed by atoms with Gasteiger partial charge < -0.3 is 14.0 Å². The summed E-state index contributed by atoms with van der Waals surface area (Å²) in [5.41, 5.74) is -1.47. The van der Waals surface area contributed by atoms with E-state index >= 15 is 0 Å². The van der Waals surface area contributed by atoms with Gasteiger partial charge in [-0.05, 0) is 29.5 Å². The topological polar surface area (TPSA) is 69.9 Å². The lowest BCUT2D eigenvalue weighted by atomic mass is 9.95. The number of carbonyl (C=O) groups excluding carboxylic acids is 2. The van der Waals surface area contributed by atoms with Gasteiger partial charge in [0.1, 0.15) is 19.0 Å². The van der Waals surface area contributed by atoms with Crippen molar-refractivity contribution in [2.45, 2.75) is 59.7 Å². The summed E-state index contributed by atoms with van der Waals surface area (Å²) in [5, 5.41) is 0. The highest BCUT2D eigenvalue weighted by Gasteiger charge is 2.32. The molecule has 0 aliphatic carbocycles. The van der Waals surface area contributed by atoms with Crippen LogP contribution in [0.1, 0.15) is 62.3 Å². The third-order valence-electron chi connectivity index (χ3n) is 4.40. The average Bonchev–Trinajstić information content (AvgIpc) is 3.06. The monoisotopic (exact) mass is 486 g/mol. The molecule has 0 radical (unpaired) electrons. The van der Waals surface area contributed by atoms with Gasteiger partial charge in [-0.25, -0.2) is 0 Å². The van der Waals surface area contributed by atoms with Crippen molar-refractivity contribution in [2.75, 3.05) is 13.2 Å². The van der Waals surface area contributed by atoms with Crippen LogP contribution in [0.4, 0.5) is 13.2 Å². The van der Waals surface area contributed by atoms with Gasteiger partial charge in [-0.15, -0.1) is 11.3 Å². The van der Waals surface area contributed by atoms with Crippen LogP contribution in [0.3, 0.4) is 0 Å². The Labute approximate surface area is 195 Å². The van der Waals surface area contributed by atoms with Crippen molar-refractivity contribution in [3.8, 4) is 5.75 Å². The minimum atomic E-state index is -4.63. The fourth-order valence-electron chi connectivity index (χ4n) is 2.82. The van der Waals surface area contributed by atoms with Crippen molar-refractivity contribution in [2.24, 2.45) is 10.9 Å². The van der Waals surface area contributed by atoms with Crippen LogP contribution in [0, 0.1) is 5.92 Å². The van der Waals surface area contributed by atoms with Crippen LogP contribution in [0.25, 0.3) is 0 Å². The fraction of sp³-hybridized carbons (Fsp3) is 0.522. The van der Waals surface area contributed by atoms with Gasteiger partial charge in [0.2, 0.25) is 0 Å². The van der Waals surface area contributed by atoms with Gasteiger partial charge in [0, 0.05) is 24.5 Å². The summed E-state index contributed by atoms with van der Waals surface area (Å²) in [7, 11) is 0. The zero-order valence-electron chi connectivity index (χ0n) is 19.6. The van der Waals surface area contributed by atoms with E-state index in [0.717, 1.165) is 23.1 Å². The van der Waals surface area contributed by atoms with Crippen LogP contribution in [0.15, 0.2) is 29.4 Å². The number of halogens is 3. The Morgan fingerprint density at radius 3 is 2.36 bits per heavy atom. The SMILES string of the molecule is CC(=O)OCCOc1ccc(C(F)(F)F)cc1C(=O)/N=c1\sc(C(C)(C)C)cn1CC(C)C. The van der Waals surface area contributed by atoms with E-state index in [1.807, 2.05) is 45.4 Å². The Morgan fingerprint density at radius 1 is 1.15 bits per heavy atom. The maximum atomic E-state index is 13.3. The zero-order chi connectivity index (χ0) is 25.0. The first-order valence-electron chi connectivity index (χ1n) is 10.5. The van der Waals surface area contributed by atoms with Gasteiger partial charge in [0.25, 0.3) is 5.91 Å². The second kappa shape index (κ2) is 10.5. The van der Waals surface area contributed by atoms with E-state index in [9.17, 15) is 22.8 Å². The van der Waals surface area contributed by atoms with E-state index < -0.39 is 23.6 Å². The predicted molar refractivity (Wildman–Crippen MR) is 119 cm³/mol. The molecule has 10 heteroatoms. The van der Waals surface area contributed by atoms with Gasteiger partial charge in [-0.2, -0.15) is 18.2 Å². The molecular formula is C23H29F3N2O4S. The number of aromatic nitrogens is 1. The quantitative estimate of drug-likeness (QED) is 0.398. The van der Waals surface area contributed by atoms with Gasteiger partial charge >= 0.3 is 12.1 Å². The molecule has 33 heavy (non-hydrogen) atoms.